The number of benzene rings is 2. The minimum Gasteiger partial charge on any atom is -0.330 e. The summed E-state index contributed by atoms with van der Waals surface area (Å²) in [6.45, 7) is 5.11. The topological polar surface area (TPSA) is 59.7 Å². The number of thiocarbonyl (C=S) groups is 1. The molecule has 164 valence electrons. The van der Waals surface area contributed by atoms with E-state index in [0.717, 1.165) is 43.9 Å². The standard InChI is InChI=1S/C23H22Cl2N6S/c1-15-22(16(2)31(29-15)13-18-8-4-6-10-21(18)25)28-23(32)27-19-11-26-30(14-19)12-17-7-3-5-9-20(17)24/h3-11,14H,12-13H2,1-2H3,(H2,27,28,32). The van der Waals surface area contributed by atoms with E-state index in [9.17, 15) is 0 Å². The Morgan fingerprint density at radius 1 is 0.938 bits per heavy atom. The molecule has 2 heterocycles. The maximum absolute atomic E-state index is 6.31. The van der Waals surface area contributed by atoms with Crippen molar-refractivity contribution in [2.24, 2.45) is 0 Å². The smallest absolute Gasteiger partial charge is 0.175 e. The molecule has 2 aromatic heterocycles. The number of rotatable bonds is 6. The minimum atomic E-state index is 0.464. The third-order valence-corrected chi connectivity index (χ3v) is 6.02. The van der Waals surface area contributed by atoms with E-state index in [0.29, 0.717) is 18.2 Å². The number of aryl methyl sites for hydroxylation is 1. The number of anilines is 2. The highest BCUT2D eigenvalue weighted by Crippen LogP contribution is 2.23. The third-order valence-electron chi connectivity index (χ3n) is 5.08. The molecule has 0 unspecified atom stereocenters. The Morgan fingerprint density at radius 3 is 2.22 bits per heavy atom. The normalized spacial score (nSPS) is 10.9. The summed E-state index contributed by atoms with van der Waals surface area (Å²) in [5, 5.41) is 17.4. The van der Waals surface area contributed by atoms with Crippen LogP contribution in [0.15, 0.2) is 60.9 Å². The molecule has 2 N–H and O–H groups in total. The molecule has 0 aliphatic rings. The van der Waals surface area contributed by atoms with Crippen molar-refractivity contribution < 1.29 is 0 Å². The van der Waals surface area contributed by atoms with E-state index in [1.165, 1.54) is 0 Å². The van der Waals surface area contributed by atoms with Gasteiger partial charge in [0.25, 0.3) is 0 Å². The molecule has 0 saturated carbocycles. The molecule has 0 saturated heterocycles. The van der Waals surface area contributed by atoms with Crippen molar-refractivity contribution in [3.05, 3.63) is 93.5 Å². The van der Waals surface area contributed by atoms with Gasteiger partial charge in [-0.25, -0.2) is 0 Å². The number of nitrogens with zero attached hydrogens (tertiary/aromatic N) is 4. The van der Waals surface area contributed by atoms with E-state index >= 15 is 0 Å². The largest absolute Gasteiger partial charge is 0.330 e. The zero-order valence-electron chi connectivity index (χ0n) is 17.6. The number of hydrogen-bond donors (Lipinski definition) is 2. The molecule has 32 heavy (non-hydrogen) atoms. The summed E-state index contributed by atoms with van der Waals surface area (Å²) in [5.74, 6) is 0. The maximum atomic E-state index is 6.31. The summed E-state index contributed by atoms with van der Waals surface area (Å²) in [6.07, 6.45) is 3.61. The molecular weight excluding hydrogens is 463 g/mol. The lowest BCUT2D eigenvalue weighted by molar-refractivity contribution is 0.659. The molecule has 6 nitrogen and oxygen atoms in total. The average Bonchev–Trinajstić information content (AvgIpc) is 3.30. The summed E-state index contributed by atoms with van der Waals surface area (Å²) >= 11 is 18.1. The zero-order chi connectivity index (χ0) is 22.7. The van der Waals surface area contributed by atoms with E-state index in [2.05, 4.69) is 20.8 Å². The van der Waals surface area contributed by atoms with Gasteiger partial charge in [0, 0.05) is 16.2 Å². The van der Waals surface area contributed by atoms with Crippen LogP contribution in [-0.4, -0.2) is 24.7 Å². The second kappa shape index (κ2) is 9.73. The van der Waals surface area contributed by atoms with Crippen LogP contribution in [0.5, 0.6) is 0 Å². The van der Waals surface area contributed by atoms with Crippen LogP contribution in [0.2, 0.25) is 10.0 Å². The van der Waals surface area contributed by atoms with Gasteiger partial charge in [-0.3, -0.25) is 9.36 Å². The van der Waals surface area contributed by atoms with Crippen LogP contribution in [0.1, 0.15) is 22.5 Å². The van der Waals surface area contributed by atoms with Crippen LogP contribution < -0.4 is 10.6 Å². The average molecular weight is 485 g/mol. The zero-order valence-corrected chi connectivity index (χ0v) is 20.0. The molecule has 0 radical (unpaired) electrons. The fourth-order valence-corrected chi connectivity index (χ4v) is 4.02. The molecule has 9 heteroatoms. The minimum absolute atomic E-state index is 0.464. The molecule has 0 fully saturated rings. The van der Waals surface area contributed by atoms with Gasteiger partial charge >= 0.3 is 0 Å². The SMILES string of the molecule is Cc1nn(Cc2ccccc2Cl)c(C)c1NC(=S)Nc1cnn(Cc2ccccc2Cl)c1. The summed E-state index contributed by atoms with van der Waals surface area (Å²) in [7, 11) is 0. The van der Waals surface area contributed by atoms with Crippen molar-refractivity contribution in [2.45, 2.75) is 26.9 Å². The highest BCUT2D eigenvalue weighted by Gasteiger charge is 2.14. The van der Waals surface area contributed by atoms with Gasteiger partial charge in [-0.05, 0) is 49.3 Å². The molecular formula is C23H22Cl2N6S. The second-order valence-corrected chi connectivity index (χ2v) is 8.61. The lowest BCUT2D eigenvalue weighted by Crippen LogP contribution is -2.19. The van der Waals surface area contributed by atoms with Crippen molar-refractivity contribution in [3.8, 4) is 0 Å². The first-order valence-electron chi connectivity index (χ1n) is 10.0. The molecule has 0 atom stereocenters. The lowest BCUT2D eigenvalue weighted by Gasteiger charge is -2.10. The Balaban J connectivity index is 1.41. The van der Waals surface area contributed by atoms with E-state index in [1.54, 1.807) is 6.20 Å². The summed E-state index contributed by atoms with van der Waals surface area (Å²) in [5.41, 5.74) is 5.50. The molecule has 0 aliphatic carbocycles. The first kappa shape index (κ1) is 22.3. The van der Waals surface area contributed by atoms with Gasteiger partial charge in [0.15, 0.2) is 5.11 Å². The Morgan fingerprint density at radius 2 is 1.56 bits per heavy atom. The molecule has 2 aromatic carbocycles. The van der Waals surface area contributed by atoms with E-state index in [-0.39, 0.29) is 0 Å². The first-order valence-corrected chi connectivity index (χ1v) is 11.2. The Kier molecular flexibility index (Phi) is 6.79. The Labute approximate surface area is 202 Å². The van der Waals surface area contributed by atoms with Gasteiger partial charge in [-0.2, -0.15) is 10.2 Å². The fourth-order valence-electron chi connectivity index (χ4n) is 3.41. The summed E-state index contributed by atoms with van der Waals surface area (Å²) in [6, 6.07) is 15.5. The molecule has 0 amide bonds. The van der Waals surface area contributed by atoms with Gasteiger partial charge in [0.1, 0.15) is 0 Å². The highest BCUT2D eigenvalue weighted by atomic mass is 35.5. The summed E-state index contributed by atoms with van der Waals surface area (Å²) in [4.78, 5) is 0. The van der Waals surface area contributed by atoms with Crippen LogP contribution in [0, 0.1) is 13.8 Å². The van der Waals surface area contributed by atoms with E-state index in [1.807, 2.05) is 77.9 Å². The monoisotopic (exact) mass is 484 g/mol. The third kappa shape index (κ3) is 5.12. The Bertz CT molecular complexity index is 1260. The van der Waals surface area contributed by atoms with Crippen LogP contribution in [0.25, 0.3) is 0 Å². The van der Waals surface area contributed by atoms with Gasteiger partial charge in [0.05, 0.1) is 42.0 Å². The summed E-state index contributed by atoms with van der Waals surface area (Å²) < 4.78 is 3.73. The van der Waals surface area contributed by atoms with Gasteiger partial charge in [-0.15, -0.1) is 0 Å². The second-order valence-electron chi connectivity index (χ2n) is 7.39. The van der Waals surface area contributed by atoms with Crippen molar-refractivity contribution in [3.63, 3.8) is 0 Å². The van der Waals surface area contributed by atoms with Gasteiger partial charge in [-0.1, -0.05) is 59.6 Å². The molecule has 4 rings (SSSR count). The van der Waals surface area contributed by atoms with Crippen LogP contribution >= 0.6 is 35.4 Å². The predicted molar refractivity (Wildman–Crippen MR) is 135 cm³/mol. The van der Waals surface area contributed by atoms with E-state index in [4.69, 9.17) is 35.4 Å². The van der Waals surface area contributed by atoms with Gasteiger partial charge in [0.2, 0.25) is 0 Å². The van der Waals surface area contributed by atoms with Crippen LogP contribution in [0.3, 0.4) is 0 Å². The highest BCUT2D eigenvalue weighted by molar-refractivity contribution is 7.80. The molecule has 0 spiro atoms. The van der Waals surface area contributed by atoms with Crippen molar-refractivity contribution in [2.75, 3.05) is 10.6 Å². The first-order chi connectivity index (χ1) is 15.4. The molecule has 0 bridgehead atoms. The fraction of sp³-hybridized carbons (Fsp3) is 0.174. The number of aromatic nitrogens is 4. The van der Waals surface area contributed by atoms with E-state index < -0.39 is 0 Å². The Hall–Kier alpha value is -2.87. The maximum Gasteiger partial charge on any atom is 0.175 e. The molecule has 0 aliphatic heterocycles. The number of halogens is 2. The quantitative estimate of drug-likeness (QED) is 0.333. The van der Waals surface area contributed by atoms with Crippen molar-refractivity contribution >= 4 is 51.9 Å². The number of hydrogen-bond acceptors (Lipinski definition) is 3. The van der Waals surface area contributed by atoms with Gasteiger partial charge < -0.3 is 10.6 Å². The van der Waals surface area contributed by atoms with Crippen LogP contribution in [0.4, 0.5) is 11.4 Å². The molecule has 4 aromatic rings. The predicted octanol–water partition coefficient (Wildman–Crippen LogP) is 5.91. The van der Waals surface area contributed by atoms with Crippen LogP contribution in [-0.2, 0) is 13.1 Å². The van der Waals surface area contributed by atoms with Crippen molar-refractivity contribution in [1.82, 2.24) is 19.6 Å². The lowest BCUT2D eigenvalue weighted by atomic mass is 10.2. The number of nitrogens with one attached hydrogen (secondary N) is 2. The van der Waals surface area contributed by atoms with Crippen molar-refractivity contribution in [1.29, 1.82) is 0 Å².